The minimum Gasteiger partial charge on any atom is -0.468 e. The third-order valence-corrected chi connectivity index (χ3v) is 2.14. The highest BCUT2D eigenvalue weighted by atomic mass is 19.2. The van der Waals surface area contributed by atoms with E-state index in [9.17, 15) is 18.4 Å². The van der Waals surface area contributed by atoms with Gasteiger partial charge in [0.15, 0.2) is 11.6 Å². The fraction of sp³-hybridized carbons (Fsp3) is 0.273. The number of benzene rings is 1. The molecular weight excluding hydrogens is 248 g/mol. The van der Waals surface area contributed by atoms with E-state index in [2.05, 4.69) is 14.8 Å². The SMILES string of the molecule is COC(=O)CNc1ccc(C(=O)OC)c(F)c1F. The zero-order valence-electron chi connectivity index (χ0n) is 9.75. The first-order chi connectivity index (χ1) is 8.51. The molecule has 0 unspecified atom stereocenters. The molecule has 0 atom stereocenters. The van der Waals surface area contributed by atoms with E-state index in [-0.39, 0.29) is 12.2 Å². The smallest absolute Gasteiger partial charge is 0.340 e. The van der Waals surface area contributed by atoms with Crippen molar-refractivity contribution < 1.29 is 27.8 Å². The standard InChI is InChI=1S/C11H11F2NO4/c1-17-8(15)5-14-7-4-3-6(11(16)18-2)9(12)10(7)13/h3-4,14H,5H2,1-2H3. The summed E-state index contributed by atoms with van der Waals surface area (Å²) < 4.78 is 35.6. The van der Waals surface area contributed by atoms with Gasteiger partial charge in [-0.2, -0.15) is 0 Å². The maximum atomic E-state index is 13.5. The van der Waals surface area contributed by atoms with Crippen molar-refractivity contribution in [1.29, 1.82) is 0 Å². The Morgan fingerprint density at radius 3 is 2.39 bits per heavy atom. The van der Waals surface area contributed by atoms with Crippen LogP contribution >= 0.6 is 0 Å². The largest absolute Gasteiger partial charge is 0.468 e. The zero-order chi connectivity index (χ0) is 13.7. The van der Waals surface area contributed by atoms with E-state index in [1.54, 1.807) is 0 Å². The minimum absolute atomic E-state index is 0.245. The van der Waals surface area contributed by atoms with Crippen molar-refractivity contribution in [2.24, 2.45) is 0 Å². The lowest BCUT2D eigenvalue weighted by molar-refractivity contribution is -0.138. The van der Waals surface area contributed by atoms with Gasteiger partial charge in [-0.05, 0) is 12.1 Å². The first-order valence-corrected chi connectivity index (χ1v) is 4.88. The van der Waals surface area contributed by atoms with Crippen LogP contribution in [0.25, 0.3) is 0 Å². The van der Waals surface area contributed by atoms with Crippen LogP contribution < -0.4 is 5.32 Å². The molecule has 1 aromatic rings. The molecule has 0 saturated carbocycles. The molecule has 0 aromatic heterocycles. The number of carbonyl (C=O) groups is 2. The summed E-state index contributed by atoms with van der Waals surface area (Å²) in [5.41, 5.74) is -0.760. The Bertz CT molecular complexity index is 476. The average molecular weight is 259 g/mol. The number of ether oxygens (including phenoxy) is 2. The topological polar surface area (TPSA) is 64.6 Å². The van der Waals surface area contributed by atoms with Crippen LogP contribution in [-0.2, 0) is 14.3 Å². The van der Waals surface area contributed by atoms with Gasteiger partial charge in [0, 0.05) is 0 Å². The van der Waals surface area contributed by atoms with Crippen LogP contribution in [0.4, 0.5) is 14.5 Å². The van der Waals surface area contributed by atoms with E-state index >= 15 is 0 Å². The maximum absolute atomic E-state index is 13.5. The molecule has 1 N–H and O–H groups in total. The van der Waals surface area contributed by atoms with Gasteiger partial charge in [-0.25, -0.2) is 13.6 Å². The zero-order valence-corrected chi connectivity index (χ0v) is 9.75. The van der Waals surface area contributed by atoms with E-state index in [4.69, 9.17) is 0 Å². The first kappa shape index (κ1) is 13.9. The summed E-state index contributed by atoms with van der Waals surface area (Å²) in [5, 5.41) is 2.35. The molecule has 1 aromatic carbocycles. The lowest BCUT2D eigenvalue weighted by Crippen LogP contribution is -2.16. The van der Waals surface area contributed by atoms with Gasteiger partial charge in [0.2, 0.25) is 0 Å². The highest BCUT2D eigenvalue weighted by molar-refractivity contribution is 5.90. The third-order valence-electron chi connectivity index (χ3n) is 2.14. The predicted molar refractivity (Wildman–Crippen MR) is 58.2 cm³/mol. The molecule has 0 heterocycles. The average Bonchev–Trinajstić information content (AvgIpc) is 2.39. The number of rotatable bonds is 4. The molecule has 5 nitrogen and oxygen atoms in total. The molecule has 98 valence electrons. The van der Waals surface area contributed by atoms with Crippen molar-refractivity contribution in [3.05, 3.63) is 29.3 Å². The fourth-order valence-corrected chi connectivity index (χ4v) is 1.19. The van der Waals surface area contributed by atoms with Gasteiger partial charge < -0.3 is 14.8 Å². The number of esters is 2. The van der Waals surface area contributed by atoms with E-state index < -0.39 is 29.1 Å². The van der Waals surface area contributed by atoms with Crippen molar-refractivity contribution in [1.82, 2.24) is 0 Å². The number of carbonyl (C=O) groups excluding carboxylic acids is 2. The molecule has 0 spiro atoms. The molecule has 7 heteroatoms. The Morgan fingerprint density at radius 1 is 1.17 bits per heavy atom. The molecule has 0 saturated heterocycles. The number of hydrogen-bond donors (Lipinski definition) is 1. The predicted octanol–water partition coefficient (Wildman–Crippen LogP) is 1.34. The molecule has 0 bridgehead atoms. The number of anilines is 1. The quantitative estimate of drug-likeness (QED) is 0.826. The van der Waals surface area contributed by atoms with Gasteiger partial charge in [-0.15, -0.1) is 0 Å². The van der Waals surface area contributed by atoms with Crippen molar-refractivity contribution >= 4 is 17.6 Å². The van der Waals surface area contributed by atoms with E-state index in [0.717, 1.165) is 19.2 Å². The molecule has 18 heavy (non-hydrogen) atoms. The number of hydrogen-bond acceptors (Lipinski definition) is 5. The number of nitrogens with one attached hydrogen (secondary N) is 1. The molecule has 1 rings (SSSR count). The normalized spacial score (nSPS) is 9.78. The number of methoxy groups -OCH3 is 2. The van der Waals surface area contributed by atoms with Crippen molar-refractivity contribution in [2.75, 3.05) is 26.1 Å². The van der Waals surface area contributed by atoms with E-state index in [1.807, 2.05) is 0 Å². The van der Waals surface area contributed by atoms with Crippen LogP contribution in [0.2, 0.25) is 0 Å². The molecule has 0 fully saturated rings. The van der Waals surface area contributed by atoms with Crippen LogP contribution in [0.5, 0.6) is 0 Å². The Labute approximate surface area is 102 Å². The summed E-state index contributed by atoms with van der Waals surface area (Å²) >= 11 is 0. The van der Waals surface area contributed by atoms with Crippen LogP contribution in [0.1, 0.15) is 10.4 Å². The first-order valence-electron chi connectivity index (χ1n) is 4.88. The molecule has 0 radical (unpaired) electrons. The van der Waals surface area contributed by atoms with E-state index in [1.165, 1.54) is 7.11 Å². The van der Waals surface area contributed by atoms with Gasteiger partial charge in [0.05, 0.1) is 25.5 Å². The highest BCUT2D eigenvalue weighted by Crippen LogP contribution is 2.21. The summed E-state index contributed by atoms with van der Waals surface area (Å²) in [4.78, 5) is 21.9. The van der Waals surface area contributed by atoms with Crippen molar-refractivity contribution in [2.45, 2.75) is 0 Å². The summed E-state index contributed by atoms with van der Waals surface area (Å²) in [6.45, 7) is -0.315. The second kappa shape index (κ2) is 5.95. The summed E-state index contributed by atoms with van der Waals surface area (Å²) in [5.74, 6) is -4.21. The summed E-state index contributed by atoms with van der Waals surface area (Å²) in [6, 6.07) is 2.19. The van der Waals surface area contributed by atoms with Crippen LogP contribution in [0, 0.1) is 11.6 Å². The molecule has 0 amide bonds. The molecule has 0 aliphatic rings. The lowest BCUT2D eigenvalue weighted by atomic mass is 10.2. The van der Waals surface area contributed by atoms with Gasteiger partial charge in [0.25, 0.3) is 0 Å². The molecular formula is C11H11F2NO4. The van der Waals surface area contributed by atoms with Crippen LogP contribution in [0.15, 0.2) is 12.1 Å². The van der Waals surface area contributed by atoms with Gasteiger partial charge in [-0.1, -0.05) is 0 Å². The Hall–Kier alpha value is -2.18. The van der Waals surface area contributed by atoms with Gasteiger partial charge in [0.1, 0.15) is 6.54 Å². The monoisotopic (exact) mass is 259 g/mol. The molecule has 0 aliphatic heterocycles. The summed E-state index contributed by atoms with van der Waals surface area (Å²) in [7, 11) is 2.23. The second-order valence-corrected chi connectivity index (χ2v) is 3.21. The maximum Gasteiger partial charge on any atom is 0.340 e. The number of halogens is 2. The van der Waals surface area contributed by atoms with Gasteiger partial charge in [-0.3, -0.25) is 4.79 Å². The van der Waals surface area contributed by atoms with Crippen molar-refractivity contribution in [3.63, 3.8) is 0 Å². The fourth-order valence-electron chi connectivity index (χ4n) is 1.19. The molecule has 0 aliphatic carbocycles. The van der Waals surface area contributed by atoms with Gasteiger partial charge >= 0.3 is 11.9 Å². The minimum atomic E-state index is -1.34. The highest BCUT2D eigenvalue weighted by Gasteiger charge is 2.19. The Morgan fingerprint density at radius 2 is 1.83 bits per heavy atom. The van der Waals surface area contributed by atoms with Crippen LogP contribution in [-0.4, -0.2) is 32.7 Å². The third kappa shape index (κ3) is 2.93. The van der Waals surface area contributed by atoms with Crippen molar-refractivity contribution in [3.8, 4) is 0 Å². The van der Waals surface area contributed by atoms with Crippen LogP contribution in [0.3, 0.4) is 0 Å². The Balaban J connectivity index is 2.94. The second-order valence-electron chi connectivity index (χ2n) is 3.21. The summed E-state index contributed by atoms with van der Waals surface area (Å²) in [6.07, 6.45) is 0. The Kier molecular flexibility index (Phi) is 4.59. The van der Waals surface area contributed by atoms with E-state index in [0.29, 0.717) is 0 Å². The lowest BCUT2D eigenvalue weighted by Gasteiger charge is -2.08.